The van der Waals surface area contributed by atoms with Gasteiger partial charge in [-0.15, -0.1) is 0 Å². The van der Waals surface area contributed by atoms with Crippen LogP contribution in [0.2, 0.25) is 0 Å². The number of likely N-dealkylation sites (tertiary alicyclic amines) is 1. The van der Waals surface area contributed by atoms with Crippen molar-refractivity contribution in [3.05, 3.63) is 30.3 Å². The van der Waals surface area contributed by atoms with Crippen LogP contribution in [0.15, 0.2) is 30.3 Å². The number of nitrogens with one attached hydrogen (secondary N) is 1. The summed E-state index contributed by atoms with van der Waals surface area (Å²) < 4.78 is 0. The van der Waals surface area contributed by atoms with E-state index in [1.165, 1.54) is 5.69 Å². The van der Waals surface area contributed by atoms with Crippen molar-refractivity contribution in [1.82, 2.24) is 10.2 Å². The Morgan fingerprint density at radius 1 is 1.29 bits per heavy atom. The molecule has 2 rings (SSSR count). The largest absolute Gasteiger partial charge is 0.372 e. The van der Waals surface area contributed by atoms with Crippen molar-refractivity contribution in [2.75, 3.05) is 31.6 Å². The van der Waals surface area contributed by atoms with Gasteiger partial charge in [-0.3, -0.25) is 9.69 Å². The quantitative estimate of drug-likeness (QED) is 0.902. The molecule has 1 saturated heterocycles. The number of benzene rings is 1. The number of hydrogen-bond acceptors (Lipinski definition) is 3. The van der Waals surface area contributed by atoms with Gasteiger partial charge in [-0.05, 0) is 38.8 Å². The zero-order chi connectivity index (χ0) is 15.2. The molecule has 4 heteroatoms. The van der Waals surface area contributed by atoms with E-state index >= 15 is 0 Å². The summed E-state index contributed by atoms with van der Waals surface area (Å²) in [6.07, 6.45) is 2.22. The molecule has 1 aromatic carbocycles. The van der Waals surface area contributed by atoms with Crippen LogP contribution in [0.1, 0.15) is 26.7 Å². The van der Waals surface area contributed by atoms with E-state index in [1.807, 2.05) is 19.9 Å². The first kappa shape index (κ1) is 15.8. The Hall–Kier alpha value is -1.55. The molecule has 1 fully saturated rings. The summed E-state index contributed by atoms with van der Waals surface area (Å²) >= 11 is 0. The van der Waals surface area contributed by atoms with Crippen molar-refractivity contribution in [1.29, 1.82) is 0 Å². The number of amides is 1. The molecule has 1 N–H and O–H groups in total. The lowest BCUT2D eigenvalue weighted by Gasteiger charge is -2.37. The minimum Gasteiger partial charge on any atom is -0.372 e. The van der Waals surface area contributed by atoms with Crippen LogP contribution in [0.5, 0.6) is 0 Å². The maximum atomic E-state index is 11.8. The molecule has 1 aliphatic rings. The fraction of sp³-hybridized carbons (Fsp3) is 0.588. The molecule has 21 heavy (non-hydrogen) atoms. The van der Waals surface area contributed by atoms with Gasteiger partial charge in [0.1, 0.15) is 0 Å². The lowest BCUT2D eigenvalue weighted by Crippen LogP contribution is -2.47. The van der Waals surface area contributed by atoms with Crippen LogP contribution in [0.4, 0.5) is 5.69 Å². The number of hydrogen-bond donors (Lipinski definition) is 1. The third kappa shape index (κ3) is 4.74. The van der Waals surface area contributed by atoms with E-state index in [-0.39, 0.29) is 11.9 Å². The van der Waals surface area contributed by atoms with Crippen LogP contribution >= 0.6 is 0 Å². The molecule has 0 atom stereocenters. The molecular formula is C17H27N3O. The van der Waals surface area contributed by atoms with E-state index in [2.05, 4.69) is 46.4 Å². The number of carbonyl (C=O) groups is 1. The van der Waals surface area contributed by atoms with Crippen LogP contribution in [-0.2, 0) is 4.79 Å². The third-order valence-electron chi connectivity index (χ3n) is 4.09. The van der Waals surface area contributed by atoms with Gasteiger partial charge < -0.3 is 10.2 Å². The normalized spacial score (nSPS) is 17.0. The Kier molecular flexibility index (Phi) is 5.62. The Labute approximate surface area is 128 Å². The van der Waals surface area contributed by atoms with Crippen LogP contribution < -0.4 is 10.2 Å². The molecule has 1 aromatic rings. The number of rotatable bonds is 5. The second kappa shape index (κ2) is 7.46. The molecule has 0 saturated carbocycles. The van der Waals surface area contributed by atoms with Crippen LogP contribution in [-0.4, -0.2) is 49.6 Å². The van der Waals surface area contributed by atoms with Crippen LogP contribution in [0.25, 0.3) is 0 Å². The maximum absolute atomic E-state index is 11.8. The van der Waals surface area contributed by atoms with E-state index in [4.69, 9.17) is 0 Å². The van der Waals surface area contributed by atoms with E-state index in [0.29, 0.717) is 12.6 Å². The number of piperidine rings is 1. The second-order valence-electron chi connectivity index (χ2n) is 6.18. The van der Waals surface area contributed by atoms with Gasteiger partial charge in [-0.2, -0.15) is 0 Å². The van der Waals surface area contributed by atoms with Crippen molar-refractivity contribution < 1.29 is 4.79 Å². The topological polar surface area (TPSA) is 35.6 Å². The third-order valence-corrected chi connectivity index (χ3v) is 4.09. The van der Waals surface area contributed by atoms with E-state index in [9.17, 15) is 4.79 Å². The Morgan fingerprint density at radius 2 is 1.90 bits per heavy atom. The molecule has 0 aliphatic carbocycles. The Morgan fingerprint density at radius 3 is 2.48 bits per heavy atom. The van der Waals surface area contributed by atoms with Gasteiger partial charge in [0, 0.05) is 37.9 Å². The number of para-hydroxylation sites is 1. The van der Waals surface area contributed by atoms with Gasteiger partial charge in [0.25, 0.3) is 0 Å². The van der Waals surface area contributed by atoms with E-state index in [0.717, 1.165) is 25.9 Å². The van der Waals surface area contributed by atoms with E-state index in [1.54, 1.807) is 0 Å². The van der Waals surface area contributed by atoms with Crippen molar-refractivity contribution in [3.8, 4) is 0 Å². The average molecular weight is 289 g/mol. The van der Waals surface area contributed by atoms with Gasteiger partial charge in [-0.25, -0.2) is 0 Å². The molecule has 0 unspecified atom stereocenters. The summed E-state index contributed by atoms with van der Waals surface area (Å²) in [5, 5.41) is 2.96. The second-order valence-corrected chi connectivity index (χ2v) is 6.18. The maximum Gasteiger partial charge on any atom is 0.234 e. The molecular weight excluding hydrogens is 262 g/mol. The van der Waals surface area contributed by atoms with Crippen LogP contribution in [0, 0.1) is 0 Å². The first-order valence-electron chi connectivity index (χ1n) is 7.86. The Balaban J connectivity index is 1.79. The first-order chi connectivity index (χ1) is 10.1. The predicted octanol–water partition coefficient (Wildman–Crippen LogP) is 2.11. The summed E-state index contributed by atoms with van der Waals surface area (Å²) in [5.41, 5.74) is 1.27. The van der Waals surface area contributed by atoms with Gasteiger partial charge >= 0.3 is 0 Å². The van der Waals surface area contributed by atoms with E-state index < -0.39 is 0 Å². The monoisotopic (exact) mass is 289 g/mol. The highest BCUT2D eigenvalue weighted by Gasteiger charge is 2.23. The summed E-state index contributed by atoms with van der Waals surface area (Å²) in [7, 11) is 2.17. The fourth-order valence-corrected chi connectivity index (χ4v) is 2.91. The smallest absolute Gasteiger partial charge is 0.234 e. The fourth-order valence-electron chi connectivity index (χ4n) is 2.91. The van der Waals surface area contributed by atoms with Gasteiger partial charge in [0.05, 0.1) is 6.54 Å². The van der Waals surface area contributed by atoms with Crippen molar-refractivity contribution in [2.24, 2.45) is 0 Å². The molecule has 0 aromatic heterocycles. The van der Waals surface area contributed by atoms with Gasteiger partial charge in [-0.1, -0.05) is 18.2 Å². The molecule has 4 nitrogen and oxygen atoms in total. The standard InChI is InChI=1S/C17H27N3O/c1-14(2)18-17(21)13-20-11-9-16(10-12-20)19(3)15-7-5-4-6-8-15/h4-8,14,16H,9-13H2,1-3H3,(H,18,21). The zero-order valence-electron chi connectivity index (χ0n) is 13.4. The Bertz CT molecular complexity index is 439. The number of carbonyl (C=O) groups excluding carboxylic acids is 1. The lowest BCUT2D eigenvalue weighted by molar-refractivity contribution is -0.123. The average Bonchev–Trinajstić information content (AvgIpc) is 2.47. The van der Waals surface area contributed by atoms with Crippen molar-refractivity contribution >= 4 is 11.6 Å². The molecule has 0 bridgehead atoms. The highest BCUT2D eigenvalue weighted by molar-refractivity contribution is 5.78. The summed E-state index contributed by atoms with van der Waals surface area (Å²) in [6, 6.07) is 11.3. The van der Waals surface area contributed by atoms with Gasteiger partial charge in [0.15, 0.2) is 0 Å². The molecule has 1 aliphatic heterocycles. The molecule has 0 radical (unpaired) electrons. The summed E-state index contributed by atoms with van der Waals surface area (Å²) in [6.45, 7) is 6.51. The lowest BCUT2D eigenvalue weighted by atomic mass is 10.0. The molecule has 1 heterocycles. The van der Waals surface area contributed by atoms with Crippen molar-refractivity contribution in [3.63, 3.8) is 0 Å². The first-order valence-corrected chi connectivity index (χ1v) is 7.86. The predicted molar refractivity (Wildman–Crippen MR) is 87.6 cm³/mol. The molecule has 0 spiro atoms. The van der Waals surface area contributed by atoms with Crippen LogP contribution in [0.3, 0.4) is 0 Å². The molecule has 116 valence electrons. The molecule has 1 amide bonds. The summed E-state index contributed by atoms with van der Waals surface area (Å²) in [5.74, 6) is 0.139. The number of anilines is 1. The minimum atomic E-state index is 0.139. The zero-order valence-corrected chi connectivity index (χ0v) is 13.4. The van der Waals surface area contributed by atoms with Gasteiger partial charge in [0.2, 0.25) is 5.91 Å². The SMILES string of the molecule is CC(C)NC(=O)CN1CCC(N(C)c2ccccc2)CC1. The minimum absolute atomic E-state index is 0.139. The highest BCUT2D eigenvalue weighted by Crippen LogP contribution is 2.21. The van der Waals surface area contributed by atoms with Crippen molar-refractivity contribution in [2.45, 2.75) is 38.8 Å². The summed E-state index contributed by atoms with van der Waals surface area (Å²) in [4.78, 5) is 16.4. The number of nitrogens with zero attached hydrogens (tertiary/aromatic N) is 2. The highest BCUT2D eigenvalue weighted by atomic mass is 16.2.